The highest BCUT2D eigenvalue weighted by Crippen LogP contribution is 2.50. The van der Waals surface area contributed by atoms with Crippen molar-refractivity contribution in [1.29, 1.82) is 0 Å². The summed E-state index contributed by atoms with van der Waals surface area (Å²) in [5.41, 5.74) is 0. The molecule has 0 N–H and O–H groups in total. The van der Waals surface area contributed by atoms with Crippen LogP contribution in [0, 0.1) is 5.92 Å². The van der Waals surface area contributed by atoms with E-state index < -0.39 is 5.92 Å². The van der Waals surface area contributed by atoms with Crippen molar-refractivity contribution in [3.63, 3.8) is 0 Å². The SMILES string of the molecule is CCCC1CC1(F)F. The molecule has 0 bridgehead atoms. The van der Waals surface area contributed by atoms with Gasteiger partial charge in [0, 0.05) is 12.3 Å². The Labute approximate surface area is 47.9 Å². The molecule has 0 aliphatic heterocycles. The van der Waals surface area contributed by atoms with E-state index in [1.54, 1.807) is 0 Å². The summed E-state index contributed by atoms with van der Waals surface area (Å²) < 4.78 is 24.0. The van der Waals surface area contributed by atoms with Crippen LogP contribution in [0.3, 0.4) is 0 Å². The van der Waals surface area contributed by atoms with Crippen LogP contribution < -0.4 is 0 Å². The molecule has 1 aliphatic rings. The highest BCUT2D eigenvalue weighted by atomic mass is 19.3. The van der Waals surface area contributed by atoms with Gasteiger partial charge in [0.15, 0.2) is 0 Å². The summed E-state index contributed by atoms with van der Waals surface area (Å²) >= 11 is 0. The molecule has 48 valence electrons. The maximum absolute atomic E-state index is 12.0. The fourth-order valence-electron chi connectivity index (χ4n) is 0.931. The van der Waals surface area contributed by atoms with Crippen molar-refractivity contribution in [2.24, 2.45) is 5.92 Å². The molecular formula is C6H10F2. The van der Waals surface area contributed by atoms with Crippen LogP contribution in [0.25, 0.3) is 0 Å². The molecule has 0 saturated heterocycles. The predicted octanol–water partition coefficient (Wildman–Crippen LogP) is 2.44. The second kappa shape index (κ2) is 1.67. The molecule has 0 spiro atoms. The van der Waals surface area contributed by atoms with Crippen LogP contribution in [-0.4, -0.2) is 5.92 Å². The molecule has 1 atom stereocenters. The van der Waals surface area contributed by atoms with Gasteiger partial charge in [0.05, 0.1) is 0 Å². The lowest BCUT2D eigenvalue weighted by Gasteiger charge is -1.90. The zero-order valence-electron chi connectivity index (χ0n) is 4.95. The standard InChI is InChI=1S/C6H10F2/c1-2-3-5-4-6(5,7)8/h5H,2-4H2,1H3. The van der Waals surface area contributed by atoms with E-state index in [0.29, 0.717) is 6.42 Å². The number of hydrogen-bond acceptors (Lipinski definition) is 0. The van der Waals surface area contributed by atoms with Gasteiger partial charge in [-0.2, -0.15) is 0 Å². The largest absolute Gasteiger partial charge is 0.251 e. The summed E-state index contributed by atoms with van der Waals surface area (Å²) in [5.74, 6) is -2.55. The van der Waals surface area contributed by atoms with Crippen LogP contribution in [-0.2, 0) is 0 Å². The molecule has 1 saturated carbocycles. The highest BCUT2D eigenvalue weighted by molar-refractivity contribution is 4.94. The molecule has 2 heteroatoms. The molecule has 0 aromatic rings. The Hall–Kier alpha value is -0.140. The average molecular weight is 120 g/mol. The van der Waals surface area contributed by atoms with Crippen LogP contribution in [0.5, 0.6) is 0 Å². The Morgan fingerprint density at radius 3 is 2.25 bits per heavy atom. The highest BCUT2D eigenvalue weighted by Gasteiger charge is 2.55. The fourth-order valence-corrected chi connectivity index (χ4v) is 0.931. The Bertz CT molecular complexity index is 88.5. The molecule has 0 amide bonds. The minimum Gasteiger partial charge on any atom is -0.207 e. The first-order valence-corrected chi connectivity index (χ1v) is 3.04. The van der Waals surface area contributed by atoms with Crippen molar-refractivity contribution in [3.05, 3.63) is 0 Å². The van der Waals surface area contributed by atoms with E-state index in [4.69, 9.17) is 0 Å². The number of alkyl halides is 2. The van der Waals surface area contributed by atoms with Gasteiger partial charge in [-0.1, -0.05) is 13.3 Å². The summed E-state index contributed by atoms with van der Waals surface area (Å²) in [6.45, 7) is 1.94. The molecular weight excluding hydrogens is 110 g/mol. The fraction of sp³-hybridized carbons (Fsp3) is 1.00. The van der Waals surface area contributed by atoms with Gasteiger partial charge < -0.3 is 0 Å². The molecule has 1 unspecified atom stereocenters. The number of hydrogen-bond donors (Lipinski definition) is 0. The van der Waals surface area contributed by atoms with Crippen LogP contribution in [0.4, 0.5) is 8.78 Å². The van der Waals surface area contributed by atoms with Crippen molar-refractivity contribution in [2.75, 3.05) is 0 Å². The second-order valence-electron chi connectivity index (χ2n) is 2.45. The molecule has 0 heterocycles. The van der Waals surface area contributed by atoms with E-state index in [1.807, 2.05) is 6.92 Å². The van der Waals surface area contributed by atoms with Gasteiger partial charge in [-0.3, -0.25) is 0 Å². The van der Waals surface area contributed by atoms with Crippen LogP contribution in [0.1, 0.15) is 26.2 Å². The Balaban J connectivity index is 2.17. The first-order valence-electron chi connectivity index (χ1n) is 3.04. The lowest BCUT2D eigenvalue weighted by atomic mass is 10.2. The molecule has 0 aromatic heterocycles. The van der Waals surface area contributed by atoms with E-state index in [2.05, 4.69) is 0 Å². The van der Waals surface area contributed by atoms with Gasteiger partial charge >= 0.3 is 0 Å². The van der Waals surface area contributed by atoms with Gasteiger partial charge in [0.1, 0.15) is 0 Å². The normalized spacial score (nSPS) is 32.6. The number of rotatable bonds is 2. The summed E-state index contributed by atoms with van der Waals surface area (Å²) in [6.07, 6.45) is 1.73. The summed E-state index contributed by atoms with van der Waals surface area (Å²) in [6, 6.07) is 0. The van der Waals surface area contributed by atoms with Gasteiger partial charge in [-0.05, 0) is 6.42 Å². The van der Waals surface area contributed by atoms with E-state index in [-0.39, 0.29) is 12.3 Å². The van der Waals surface area contributed by atoms with Crippen LogP contribution in [0.2, 0.25) is 0 Å². The smallest absolute Gasteiger partial charge is 0.207 e. The van der Waals surface area contributed by atoms with Crippen molar-refractivity contribution < 1.29 is 8.78 Å². The third-order valence-corrected chi connectivity index (χ3v) is 1.59. The van der Waals surface area contributed by atoms with Crippen molar-refractivity contribution in [3.8, 4) is 0 Å². The molecule has 1 aliphatic carbocycles. The Morgan fingerprint density at radius 1 is 1.62 bits per heavy atom. The summed E-state index contributed by atoms with van der Waals surface area (Å²) in [5, 5.41) is 0. The molecule has 1 fully saturated rings. The average Bonchev–Trinajstić information content (AvgIpc) is 2.15. The van der Waals surface area contributed by atoms with E-state index >= 15 is 0 Å². The van der Waals surface area contributed by atoms with Crippen molar-refractivity contribution in [1.82, 2.24) is 0 Å². The summed E-state index contributed by atoms with van der Waals surface area (Å²) in [7, 11) is 0. The van der Waals surface area contributed by atoms with Gasteiger partial charge in [0.2, 0.25) is 0 Å². The minimum absolute atomic E-state index is 0.140. The lowest BCUT2D eigenvalue weighted by Crippen LogP contribution is -1.91. The molecule has 0 nitrogen and oxygen atoms in total. The van der Waals surface area contributed by atoms with Gasteiger partial charge in [-0.25, -0.2) is 8.78 Å². The Kier molecular flexibility index (Phi) is 1.25. The quantitative estimate of drug-likeness (QED) is 0.525. The first kappa shape index (κ1) is 5.99. The van der Waals surface area contributed by atoms with Gasteiger partial charge in [-0.15, -0.1) is 0 Å². The third kappa shape index (κ3) is 0.984. The topological polar surface area (TPSA) is 0 Å². The Morgan fingerprint density at radius 2 is 2.12 bits per heavy atom. The van der Waals surface area contributed by atoms with Crippen molar-refractivity contribution in [2.45, 2.75) is 32.1 Å². The lowest BCUT2D eigenvalue weighted by molar-refractivity contribution is 0.0969. The van der Waals surface area contributed by atoms with Crippen LogP contribution in [0.15, 0.2) is 0 Å². The van der Waals surface area contributed by atoms with E-state index in [1.165, 1.54) is 0 Å². The van der Waals surface area contributed by atoms with E-state index in [0.717, 1.165) is 6.42 Å². The first-order chi connectivity index (χ1) is 3.67. The minimum atomic E-state index is -2.28. The molecule has 8 heavy (non-hydrogen) atoms. The van der Waals surface area contributed by atoms with Crippen molar-refractivity contribution >= 4 is 0 Å². The maximum Gasteiger partial charge on any atom is 0.251 e. The summed E-state index contributed by atoms with van der Waals surface area (Å²) in [4.78, 5) is 0. The predicted molar refractivity (Wildman–Crippen MR) is 28.0 cm³/mol. The van der Waals surface area contributed by atoms with Gasteiger partial charge in [0.25, 0.3) is 5.92 Å². The molecule has 0 aromatic carbocycles. The number of halogens is 2. The van der Waals surface area contributed by atoms with Crippen LogP contribution >= 0.6 is 0 Å². The third-order valence-electron chi connectivity index (χ3n) is 1.59. The second-order valence-corrected chi connectivity index (χ2v) is 2.45. The van der Waals surface area contributed by atoms with E-state index in [9.17, 15) is 8.78 Å². The monoisotopic (exact) mass is 120 g/mol. The molecule has 1 rings (SSSR count). The maximum atomic E-state index is 12.0. The zero-order chi connectivity index (χ0) is 6.20. The molecule has 0 radical (unpaired) electrons. The zero-order valence-corrected chi connectivity index (χ0v) is 4.95.